The van der Waals surface area contributed by atoms with Gasteiger partial charge in [0, 0.05) is 11.4 Å². The number of hydrogen-bond acceptors (Lipinski definition) is 2. The summed E-state index contributed by atoms with van der Waals surface area (Å²) in [4.78, 5) is 1.34. The summed E-state index contributed by atoms with van der Waals surface area (Å²) < 4.78 is 13.9. The van der Waals surface area contributed by atoms with Crippen molar-refractivity contribution in [3.8, 4) is 0 Å². The monoisotopic (exact) mass is 229 g/mol. The lowest BCUT2D eigenvalue weighted by molar-refractivity contribution is 0.608. The molecule has 1 aromatic heterocycles. The van der Waals surface area contributed by atoms with Crippen LogP contribution in [0.5, 0.6) is 0 Å². The first-order chi connectivity index (χ1) is 6.50. The Labute approximate surface area is 91.5 Å². The Kier molecular flexibility index (Phi) is 2.53. The maximum absolute atomic E-state index is 12.0. The van der Waals surface area contributed by atoms with Crippen molar-refractivity contribution in [2.24, 2.45) is 0 Å². The normalized spacial score (nSPS) is 28.8. The van der Waals surface area contributed by atoms with E-state index in [2.05, 4.69) is 21.8 Å². The van der Waals surface area contributed by atoms with E-state index in [0.29, 0.717) is 6.04 Å². The number of thiophene rings is 1. The predicted molar refractivity (Wildman–Crippen MR) is 61.7 cm³/mol. The molecule has 14 heavy (non-hydrogen) atoms. The van der Waals surface area contributed by atoms with E-state index in [1.807, 2.05) is 20.8 Å². The zero-order valence-electron chi connectivity index (χ0n) is 8.69. The fourth-order valence-electron chi connectivity index (χ4n) is 1.37. The molecule has 2 heterocycles. The molecule has 0 bridgehead atoms. The van der Waals surface area contributed by atoms with Crippen LogP contribution in [0.4, 0.5) is 0 Å². The van der Waals surface area contributed by atoms with E-state index in [-0.39, 0.29) is 4.75 Å². The molecule has 0 radical (unpaired) electrons. The average Bonchev–Trinajstić information content (AvgIpc) is 2.69. The van der Waals surface area contributed by atoms with Crippen LogP contribution in [0.15, 0.2) is 17.5 Å². The van der Waals surface area contributed by atoms with Crippen LogP contribution in [0.1, 0.15) is 31.7 Å². The van der Waals surface area contributed by atoms with Crippen molar-refractivity contribution in [2.45, 2.75) is 31.6 Å². The smallest absolute Gasteiger partial charge is 0.100 e. The van der Waals surface area contributed by atoms with Crippen LogP contribution < -0.4 is 0 Å². The summed E-state index contributed by atoms with van der Waals surface area (Å²) in [6.45, 7) is 7.01. The van der Waals surface area contributed by atoms with Crippen LogP contribution in [0.2, 0.25) is 0 Å². The summed E-state index contributed by atoms with van der Waals surface area (Å²) in [5.41, 5.74) is 0. The van der Waals surface area contributed by atoms with Crippen molar-refractivity contribution < 1.29 is 4.21 Å². The van der Waals surface area contributed by atoms with Crippen molar-refractivity contribution in [1.29, 1.82) is 0 Å². The van der Waals surface area contributed by atoms with Crippen molar-refractivity contribution in [1.82, 2.24) is 4.31 Å². The standard InChI is InChI=1S/C10H15NOS2/c1-10(2,3)14(12)11-7-8(11)9-5-4-6-13-9/h4-6,8H,7H2,1-3H3. The summed E-state index contributed by atoms with van der Waals surface area (Å²) in [6.07, 6.45) is 0. The van der Waals surface area contributed by atoms with Crippen molar-refractivity contribution in [3.63, 3.8) is 0 Å². The van der Waals surface area contributed by atoms with Gasteiger partial charge in [-0.15, -0.1) is 11.3 Å². The van der Waals surface area contributed by atoms with Gasteiger partial charge in [0.15, 0.2) is 0 Å². The summed E-state index contributed by atoms with van der Waals surface area (Å²) in [5.74, 6) is 0. The quantitative estimate of drug-likeness (QED) is 0.714. The lowest BCUT2D eigenvalue weighted by Crippen LogP contribution is -2.27. The molecule has 0 saturated carbocycles. The molecule has 0 aromatic carbocycles. The number of rotatable bonds is 2. The third-order valence-corrected chi connectivity index (χ3v) is 5.03. The second-order valence-corrected chi connectivity index (χ2v) is 7.66. The summed E-state index contributed by atoms with van der Waals surface area (Å²) in [7, 11) is -0.853. The van der Waals surface area contributed by atoms with Crippen LogP contribution in [0.3, 0.4) is 0 Å². The third kappa shape index (κ3) is 1.92. The summed E-state index contributed by atoms with van der Waals surface area (Å²) in [5, 5.41) is 2.08. The highest BCUT2D eigenvalue weighted by Gasteiger charge is 2.44. The molecule has 1 saturated heterocycles. The molecule has 1 fully saturated rings. The van der Waals surface area contributed by atoms with Gasteiger partial charge in [-0.3, -0.25) is 0 Å². The van der Waals surface area contributed by atoms with E-state index in [0.717, 1.165) is 6.54 Å². The minimum absolute atomic E-state index is 0.133. The van der Waals surface area contributed by atoms with Crippen LogP contribution in [0, 0.1) is 0 Å². The molecular formula is C10H15NOS2. The maximum atomic E-state index is 12.0. The average molecular weight is 229 g/mol. The highest BCUT2D eigenvalue weighted by molar-refractivity contribution is 7.84. The molecule has 0 N–H and O–H groups in total. The Morgan fingerprint density at radius 3 is 2.79 bits per heavy atom. The second kappa shape index (κ2) is 3.43. The zero-order chi connectivity index (χ0) is 10.3. The lowest BCUT2D eigenvalue weighted by Gasteiger charge is -2.18. The van der Waals surface area contributed by atoms with Crippen LogP contribution in [0.25, 0.3) is 0 Å². The van der Waals surface area contributed by atoms with Gasteiger partial charge >= 0.3 is 0 Å². The van der Waals surface area contributed by atoms with Crippen LogP contribution >= 0.6 is 11.3 Å². The Balaban J connectivity index is 2.04. The van der Waals surface area contributed by atoms with Gasteiger partial charge in [0.1, 0.15) is 11.0 Å². The van der Waals surface area contributed by atoms with Gasteiger partial charge in [0.25, 0.3) is 0 Å². The van der Waals surface area contributed by atoms with Gasteiger partial charge in [0.05, 0.1) is 10.8 Å². The zero-order valence-corrected chi connectivity index (χ0v) is 10.3. The van der Waals surface area contributed by atoms with Gasteiger partial charge in [-0.25, -0.2) is 8.51 Å². The van der Waals surface area contributed by atoms with E-state index < -0.39 is 11.0 Å². The minimum atomic E-state index is -0.853. The number of nitrogens with zero attached hydrogens (tertiary/aromatic N) is 1. The van der Waals surface area contributed by atoms with Crippen LogP contribution in [-0.2, 0) is 11.0 Å². The van der Waals surface area contributed by atoms with Crippen molar-refractivity contribution >= 4 is 22.3 Å². The second-order valence-electron chi connectivity index (χ2n) is 4.49. The van der Waals surface area contributed by atoms with Gasteiger partial charge in [-0.1, -0.05) is 6.07 Å². The molecule has 0 aliphatic carbocycles. The van der Waals surface area contributed by atoms with E-state index in [9.17, 15) is 4.21 Å². The highest BCUT2D eigenvalue weighted by atomic mass is 32.2. The Morgan fingerprint density at radius 1 is 1.57 bits per heavy atom. The fourth-order valence-corrected chi connectivity index (χ4v) is 3.59. The maximum Gasteiger partial charge on any atom is 0.100 e. The summed E-state index contributed by atoms with van der Waals surface area (Å²) >= 11 is 1.75. The SMILES string of the molecule is CC(C)(C)S(=O)N1CC1c1cccs1. The first-order valence-electron chi connectivity index (χ1n) is 4.72. The molecule has 0 amide bonds. The van der Waals surface area contributed by atoms with Crippen molar-refractivity contribution in [3.05, 3.63) is 22.4 Å². The first-order valence-corrected chi connectivity index (χ1v) is 6.71. The van der Waals surface area contributed by atoms with E-state index in [1.54, 1.807) is 11.3 Å². The third-order valence-electron chi connectivity index (χ3n) is 2.18. The molecule has 0 spiro atoms. The predicted octanol–water partition coefficient (Wildman–Crippen LogP) is 2.57. The fraction of sp³-hybridized carbons (Fsp3) is 0.600. The molecule has 3 unspecified atom stereocenters. The Morgan fingerprint density at radius 2 is 2.29 bits per heavy atom. The van der Waals surface area contributed by atoms with Gasteiger partial charge in [0.2, 0.25) is 0 Å². The molecule has 1 aliphatic rings. The van der Waals surface area contributed by atoms with E-state index in [4.69, 9.17) is 0 Å². The minimum Gasteiger partial charge on any atom is -0.242 e. The van der Waals surface area contributed by atoms with Gasteiger partial charge in [-0.2, -0.15) is 0 Å². The highest BCUT2D eigenvalue weighted by Crippen LogP contribution is 2.41. The first kappa shape index (κ1) is 10.3. The molecule has 1 aromatic rings. The van der Waals surface area contributed by atoms with E-state index in [1.165, 1.54) is 4.88 Å². The topological polar surface area (TPSA) is 20.1 Å². The van der Waals surface area contributed by atoms with E-state index >= 15 is 0 Å². The Bertz CT molecular complexity index is 340. The van der Waals surface area contributed by atoms with Crippen molar-refractivity contribution in [2.75, 3.05) is 6.54 Å². The molecule has 4 heteroatoms. The molecule has 78 valence electrons. The molecule has 2 nitrogen and oxygen atoms in total. The van der Waals surface area contributed by atoms with Gasteiger partial charge < -0.3 is 0 Å². The van der Waals surface area contributed by atoms with Crippen LogP contribution in [-0.4, -0.2) is 19.8 Å². The molecule has 2 rings (SSSR count). The molecular weight excluding hydrogens is 214 g/mol. The number of hydrogen-bond donors (Lipinski definition) is 0. The molecule has 1 aliphatic heterocycles. The van der Waals surface area contributed by atoms with Gasteiger partial charge in [-0.05, 0) is 32.2 Å². The lowest BCUT2D eigenvalue weighted by atomic mass is 10.3. The molecule has 3 atom stereocenters. The Hall–Kier alpha value is -0.190. The largest absolute Gasteiger partial charge is 0.242 e. The summed E-state index contributed by atoms with van der Waals surface area (Å²) in [6, 6.07) is 4.58.